The van der Waals surface area contributed by atoms with Crippen LogP contribution in [0.25, 0.3) is 0 Å². The van der Waals surface area contributed by atoms with Crippen molar-refractivity contribution in [2.75, 3.05) is 26.8 Å². The molecule has 3 heteroatoms. The van der Waals surface area contributed by atoms with Gasteiger partial charge in [-0.2, -0.15) is 0 Å². The Labute approximate surface area is 93.4 Å². The second-order valence-corrected chi connectivity index (χ2v) is 5.36. The number of hydrogen-bond donors (Lipinski definition) is 1. The lowest BCUT2D eigenvalue weighted by Gasteiger charge is -2.34. The lowest BCUT2D eigenvalue weighted by Crippen LogP contribution is -2.42. The number of nitrogens with zero attached hydrogens (tertiary/aromatic N) is 1. The largest absolute Gasteiger partial charge is 0.393 e. The number of methoxy groups -OCH3 is 1. The molecule has 1 aliphatic carbocycles. The molecule has 1 N–H and O–H groups in total. The zero-order valence-electron chi connectivity index (χ0n) is 10.5. The van der Waals surface area contributed by atoms with Crippen LogP contribution in [0.1, 0.15) is 33.6 Å². The van der Waals surface area contributed by atoms with E-state index in [2.05, 4.69) is 18.7 Å². The van der Waals surface area contributed by atoms with E-state index in [4.69, 9.17) is 4.74 Å². The third-order valence-corrected chi connectivity index (χ3v) is 3.39. The number of rotatable bonds is 7. The molecule has 0 aliphatic heterocycles. The van der Waals surface area contributed by atoms with Crippen molar-refractivity contribution in [1.29, 1.82) is 0 Å². The molecule has 1 atom stereocenters. The Balaban J connectivity index is 2.42. The van der Waals surface area contributed by atoms with E-state index in [1.165, 1.54) is 12.8 Å². The van der Waals surface area contributed by atoms with Crippen molar-refractivity contribution in [3.8, 4) is 0 Å². The molecule has 1 saturated carbocycles. The molecular formula is C12H25NO2. The van der Waals surface area contributed by atoms with E-state index in [9.17, 15) is 5.11 Å². The Hall–Kier alpha value is -0.120. The predicted octanol–water partition coefficient (Wildman–Crippen LogP) is 1.50. The maximum absolute atomic E-state index is 9.70. The molecule has 90 valence electrons. The van der Waals surface area contributed by atoms with Crippen LogP contribution in [0, 0.1) is 5.41 Å². The standard InChI is InChI=1S/C12H25NO2/c1-10(14)12(2,3)9-13(7-8-15-4)11-5-6-11/h10-11,14H,5-9H2,1-4H3. The highest BCUT2D eigenvalue weighted by atomic mass is 16.5. The van der Waals surface area contributed by atoms with E-state index in [-0.39, 0.29) is 11.5 Å². The Morgan fingerprint density at radius 2 is 2.07 bits per heavy atom. The van der Waals surface area contributed by atoms with Gasteiger partial charge in [0.1, 0.15) is 0 Å². The monoisotopic (exact) mass is 215 g/mol. The van der Waals surface area contributed by atoms with E-state index >= 15 is 0 Å². The SMILES string of the molecule is COCCN(CC(C)(C)C(C)O)C1CC1. The van der Waals surface area contributed by atoms with Crippen molar-refractivity contribution in [2.45, 2.75) is 45.8 Å². The molecule has 0 heterocycles. The lowest BCUT2D eigenvalue weighted by atomic mass is 9.87. The molecule has 0 aromatic carbocycles. The van der Waals surface area contributed by atoms with Crippen molar-refractivity contribution in [1.82, 2.24) is 4.90 Å². The number of hydrogen-bond acceptors (Lipinski definition) is 3. The van der Waals surface area contributed by atoms with E-state index in [0.717, 1.165) is 25.7 Å². The summed E-state index contributed by atoms with van der Waals surface area (Å²) in [5.41, 5.74) is -0.0314. The molecule has 0 saturated heterocycles. The van der Waals surface area contributed by atoms with Crippen LogP contribution in [0.15, 0.2) is 0 Å². The highest BCUT2D eigenvalue weighted by Crippen LogP contribution is 2.31. The van der Waals surface area contributed by atoms with Crippen molar-refractivity contribution >= 4 is 0 Å². The highest BCUT2D eigenvalue weighted by molar-refractivity contribution is 4.88. The highest BCUT2D eigenvalue weighted by Gasteiger charge is 2.34. The van der Waals surface area contributed by atoms with Gasteiger partial charge in [0.25, 0.3) is 0 Å². The summed E-state index contributed by atoms with van der Waals surface area (Å²) in [7, 11) is 1.74. The molecule has 0 amide bonds. The topological polar surface area (TPSA) is 32.7 Å². The van der Waals surface area contributed by atoms with Crippen LogP contribution < -0.4 is 0 Å². The Morgan fingerprint density at radius 3 is 2.47 bits per heavy atom. The quantitative estimate of drug-likeness (QED) is 0.698. The van der Waals surface area contributed by atoms with Gasteiger partial charge in [-0.3, -0.25) is 4.90 Å². The van der Waals surface area contributed by atoms with Crippen LogP contribution >= 0.6 is 0 Å². The molecule has 1 fully saturated rings. The van der Waals surface area contributed by atoms with Crippen LogP contribution in [-0.2, 0) is 4.74 Å². The van der Waals surface area contributed by atoms with Crippen LogP contribution in [0.4, 0.5) is 0 Å². The van der Waals surface area contributed by atoms with Gasteiger partial charge in [-0.1, -0.05) is 13.8 Å². The first-order chi connectivity index (χ1) is 6.97. The second-order valence-electron chi connectivity index (χ2n) is 5.36. The van der Waals surface area contributed by atoms with Gasteiger partial charge >= 0.3 is 0 Å². The molecule has 3 nitrogen and oxygen atoms in total. The molecule has 0 aromatic heterocycles. The third-order valence-electron chi connectivity index (χ3n) is 3.39. The molecule has 1 unspecified atom stereocenters. The van der Waals surface area contributed by atoms with E-state index < -0.39 is 0 Å². The summed E-state index contributed by atoms with van der Waals surface area (Å²) < 4.78 is 5.12. The van der Waals surface area contributed by atoms with Gasteiger partial charge in [-0.05, 0) is 19.8 Å². The summed E-state index contributed by atoms with van der Waals surface area (Å²) in [6, 6.07) is 0.734. The van der Waals surface area contributed by atoms with Crippen molar-refractivity contribution < 1.29 is 9.84 Å². The molecule has 15 heavy (non-hydrogen) atoms. The zero-order chi connectivity index (χ0) is 11.5. The van der Waals surface area contributed by atoms with Gasteiger partial charge in [0.15, 0.2) is 0 Å². The molecule has 0 spiro atoms. The Bertz CT molecular complexity index is 188. The normalized spacial score (nSPS) is 19.6. The second kappa shape index (κ2) is 5.28. The minimum atomic E-state index is -0.263. The molecule has 0 aromatic rings. The first-order valence-corrected chi connectivity index (χ1v) is 5.88. The Morgan fingerprint density at radius 1 is 1.47 bits per heavy atom. The molecule has 1 rings (SSSR count). The van der Waals surface area contributed by atoms with Gasteiger partial charge < -0.3 is 9.84 Å². The van der Waals surface area contributed by atoms with Crippen LogP contribution in [0.3, 0.4) is 0 Å². The van der Waals surface area contributed by atoms with Gasteiger partial charge in [0.2, 0.25) is 0 Å². The van der Waals surface area contributed by atoms with Crippen molar-refractivity contribution in [3.63, 3.8) is 0 Å². The van der Waals surface area contributed by atoms with Crippen molar-refractivity contribution in [3.05, 3.63) is 0 Å². The third kappa shape index (κ3) is 4.09. The van der Waals surface area contributed by atoms with Gasteiger partial charge in [-0.25, -0.2) is 0 Å². The minimum Gasteiger partial charge on any atom is -0.393 e. The molecule has 0 bridgehead atoms. The Kier molecular flexibility index (Phi) is 4.56. The number of aliphatic hydroxyl groups is 1. The fourth-order valence-corrected chi connectivity index (χ4v) is 1.69. The summed E-state index contributed by atoms with van der Waals surface area (Å²) >= 11 is 0. The van der Waals surface area contributed by atoms with Gasteiger partial charge in [-0.15, -0.1) is 0 Å². The number of ether oxygens (including phenoxy) is 1. The maximum atomic E-state index is 9.70. The van der Waals surface area contributed by atoms with E-state index in [1.807, 2.05) is 6.92 Å². The summed E-state index contributed by atoms with van der Waals surface area (Å²) in [4.78, 5) is 2.45. The van der Waals surface area contributed by atoms with E-state index in [0.29, 0.717) is 0 Å². The number of aliphatic hydroxyl groups excluding tert-OH is 1. The molecular weight excluding hydrogens is 190 g/mol. The fourth-order valence-electron chi connectivity index (χ4n) is 1.69. The lowest BCUT2D eigenvalue weighted by molar-refractivity contribution is 0.0249. The maximum Gasteiger partial charge on any atom is 0.0589 e. The fraction of sp³-hybridized carbons (Fsp3) is 1.00. The zero-order valence-corrected chi connectivity index (χ0v) is 10.5. The summed E-state index contributed by atoms with van der Waals surface area (Å²) in [5, 5.41) is 9.70. The summed E-state index contributed by atoms with van der Waals surface area (Å²) in [5.74, 6) is 0. The smallest absolute Gasteiger partial charge is 0.0589 e. The summed E-state index contributed by atoms with van der Waals surface area (Å²) in [6.07, 6.45) is 2.35. The van der Waals surface area contributed by atoms with Gasteiger partial charge in [0, 0.05) is 31.7 Å². The summed E-state index contributed by atoms with van der Waals surface area (Å²) in [6.45, 7) is 8.85. The minimum absolute atomic E-state index is 0.0314. The average molecular weight is 215 g/mol. The van der Waals surface area contributed by atoms with Crippen molar-refractivity contribution in [2.24, 2.45) is 5.41 Å². The van der Waals surface area contributed by atoms with Crippen LogP contribution in [-0.4, -0.2) is 49.0 Å². The predicted molar refractivity (Wildman–Crippen MR) is 61.9 cm³/mol. The molecule has 0 radical (unpaired) electrons. The van der Waals surface area contributed by atoms with Gasteiger partial charge in [0.05, 0.1) is 12.7 Å². The first-order valence-electron chi connectivity index (χ1n) is 5.88. The average Bonchev–Trinajstić information content (AvgIpc) is 2.94. The molecule has 1 aliphatic rings. The van der Waals surface area contributed by atoms with Crippen LogP contribution in [0.5, 0.6) is 0 Å². The van der Waals surface area contributed by atoms with Crippen LogP contribution in [0.2, 0.25) is 0 Å². The first kappa shape index (κ1) is 12.9. The van der Waals surface area contributed by atoms with E-state index in [1.54, 1.807) is 7.11 Å².